The van der Waals surface area contributed by atoms with Gasteiger partial charge in [0, 0.05) is 58.3 Å². The SMILES string of the molecule is C[Si](C)(C)c1sc2c3sc([Si](C)(C)C)c4sc5c([Si](C)(C)C)sc(c6sc([Si](C)(C)C)c7sc1c2c76)c5c43. The zero-order valence-corrected chi connectivity index (χ0v) is 33.3. The van der Waals surface area contributed by atoms with Crippen LogP contribution in [0.25, 0.3) is 59.1 Å². The summed E-state index contributed by atoms with van der Waals surface area (Å²) in [4.78, 5) is 0. The van der Waals surface area contributed by atoms with E-state index in [0.717, 1.165) is 0 Å². The third-order valence-electron chi connectivity index (χ3n) is 7.50. The van der Waals surface area contributed by atoms with Gasteiger partial charge in [0.2, 0.25) is 0 Å². The van der Waals surface area contributed by atoms with Gasteiger partial charge in [-0.25, -0.2) is 0 Å². The lowest BCUT2D eigenvalue weighted by molar-refractivity contribution is 1.81. The molecule has 1 aromatic carbocycles. The number of rotatable bonds is 4. The van der Waals surface area contributed by atoms with Crippen molar-refractivity contribution in [2.24, 2.45) is 0 Å². The van der Waals surface area contributed by atoms with Gasteiger partial charge in [-0.15, -0.1) is 68.0 Å². The lowest BCUT2D eigenvalue weighted by atomic mass is 10.1. The van der Waals surface area contributed by atoms with Crippen molar-refractivity contribution in [1.82, 2.24) is 0 Å². The van der Waals surface area contributed by atoms with Crippen LogP contribution < -0.4 is 18.0 Å². The topological polar surface area (TPSA) is 0 Å². The average molecular weight is 677 g/mol. The molecule has 10 heteroatoms. The first-order valence-electron chi connectivity index (χ1n) is 13.4. The molecular formula is C28H36S6Si4. The second-order valence-electron chi connectivity index (χ2n) is 15.1. The summed E-state index contributed by atoms with van der Waals surface area (Å²) in [6.45, 7) is 30.7. The van der Waals surface area contributed by atoms with E-state index in [4.69, 9.17) is 0 Å². The summed E-state index contributed by atoms with van der Waals surface area (Å²) in [6, 6.07) is 0. The molecule has 0 nitrogen and oxygen atoms in total. The van der Waals surface area contributed by atoms with Crippen LogP contribution in [0.2, 0.25) is 78.6 Å². The van der Waals surface area contributed by atoms with Gasteiger partial charge in [0.25, 0.3) is 0 Å². The molecule has 0 saturated carbocycles. The van der Waals surface area contributed by atoms with Crippen molar-refractivity contribution in [3.8, 4) is 0 Å². The highest BCUT2D eigenvalue weighted by atomic mass is 32.1. The van der Waals surface area contributed by atoms with E-state index in [1.165, 1.54) is 0 Å². The Morgan fingerprint density at radius 2 is 0.447 bits per heavy atom. The Labute approximate surface area is 253 Å². The van der Waals surface area contributed by atoms with Crippen molar-refractivity contribution >= 4 is 177 Å². The van der Waals surface area contributed by atoms with Crippen LogP contribution in [0.4, 0.5) is 0 Å². The molecule has 38 heavy (non-hydrogen) atoms. The lowest BCUT2D eigenvalue weighted by Gasteiger charge is -2.14. The fraction of sp³-hybridized carbons (Fsp3) is 0.429. The molecule has 6 heterocycles. The minimum Gasteiger partial charge on any atom is -0.142 e. The van der Waals surface area contributed by atoms with Gasteiger partial charge in [0.15, 0.2) is 0 Å². The molecule has 0 radical (unpaired) electrons. The molecule has 0 atom stereocenters. The maximum Gasteiger partial charge on any atom is 0.0923 e. The van der Waals surface area contributed by atoms with Gasteiger partial charge in [0.1, 0.15) is 0 Å². The van der Waals surface area contributed by atoms with Crippen molar-refractivity contribution in [2.45, 2.75) is 78.6 Å². The van der Waals surface area contributed by atoms with E-state index < -0.39 is 32.3 Å². The van der Waals surface area contributed by atoms with E-state index in [2.05, 4.69) is 147 Å². The molecule has 7 aromatic rings. The summed E-state index contributed by atoms with van der Waals surface area (Å²) < 4.78 is 20.0. The normalized spacial score (nSPS) is 14.8. The summed E-state index contributed by atoms with van der Waals surface area (Å²) in [6.07, 6.45) is 0. The van der Waals surface area contributed by atoms with Crippen LogP contribution in [0, 0.1) is 0 Å². The van der Waals surface area contributed by atoms with Crippen LogP contribution in [0.15, 0.2) is 0 Å². The predicted molar refractivity (Wildman–Crippen MR) is 202 cm³/mol. The Morgan fingerprint density at radius 3 is 0.605 bits per heavy atom. The molecule has 0 amide bonds. The smallest absolute Gasteiger partial charge is 0.0923 e. The molecule has 0 aliphatic heterocycles. The van der Waals surface area contributed by atoms with E-state index >= 15 is 0 Å². The second-order valence-corrected chi connectivity index (χ2v) is 42.6. The van der Waals surface area contributed by atoms with Gasteiger partial charge < -0.3 is 0 Å². The van der Waals surface area contributed by atoms with Gasteiger partial charge in [-0.3, -0.25) is 0 Å². The lowest BCUT2D eigenvalue weighted by Crippen LogP contribution is -2.35. The van der Waals surface area contributed by atoms with Crippen molar-refractivity contribution in [1.29, 1.82) is 0 Å². The maximum atomic E-state index is 2.56. The number of thiophene rings is 6. The van der Waals surface area contributed by atoms with Crippen molar-refractivity contribution in [3.05, 3.63) is 0 Å². The Hall–Kier alpha value is 0.108. The molecule has 0 fully saturated rings. The van der Waals surface area contributed by atoms with E-state index in [1.807, 2.05) is 0 Å². The molecule has 0 N–H and O–H groups in total. The van der Waals surface area contributed by atoms with Gasteiger partial charge in [0.05, 0.1) is 51.1 Å². The van der Waals surface area contributed by atoms with E-state index in [9.17, 15) is 0 Å². The van der Waals surface area contributed by atoms with Crippen molar-refractivity contribution in [2.75, 3.05) is 0 Å². The Morgan fingerprint density at radius 1 is 0.263 bits per heavy atom. The third-order valence-corrected chi connectivity index (χ3v) is 30.6. The van der Waals surface area contributed by atoms with Crippen LogP contribution in [0.3, 0.4) is 0 Å². The maximum absolute atomic E-state index is 2.56. The Kier molecular flexibility index (Phi) is 5.63. The number of hydrogen-bond acceptors (Lipinski definition) is 6. The fourth-order valence-corrected chi connectivity index (χ4v) is 26.8. The zero-order chi connectivity index (χ0) is 27.5. The first-order chi connectivity index (χ1) is 17.4. The van der Waals surface area contributed by atoms with Gasteiger partial charge in [-0.05, 0) is 0 Å². The van der Waals surface area contributed by atoms with Crippen LogP contribution in [0.5, 0.6) is 0 Å². The quantitative estimate of drug-likeness (QED) is 0.163. The highest BCUT2D eigenvalue weighted by Gasteiger charge is 2.36. The number of fused-ring (bicyclic) bond motifs is 2. The summed E-state index contributed by atoms with van der Waals surface area (Å²) in [5.74, 6) is 0. The van der Waals surface area contributed by atoms with Crippen molar-refractivity contribution in [3.63, 3.8) is 0 Å². The monoisotopic (exact) mass is 676 g/mol. The molecular weight excluding hydrogens is 641 g/mol. The first-order valence-corrected chi connectivity index (χ1v) is 32.3. The molecule has 7 rings (SSSR count). The third kappa shape index (κ3) is 3.54. The second kappa shape index (κ2) is 7.93. The van der Waals surface area contributed by atoms with Gasteiger partial charge in [-0.2, -0.15) is 0 Å². The molecule has 0 bridgehead atoms. The van der Waals surface area contributed by atoms with Crippen LogP contribution in [-0.4, -0.2) is 32.3 Å². The summed E-state index contributed by atoms with van der Waals surface area (Å²) >= 11 is 13.1. The fourth-order valence-electron chi connectivity index (χ4n) is 5.78. The predicted octanol–water partition coefficient (Wildman–Crippen LogP) is 10.6. The summed E-state index contributed by atoms with van der Waals surface area (Å²) in [7, 11) is -5.97. The molecule has 200 valence electrons. The summed E-state index contributed by atoms with van der Waals surface area (Å²) in [5.41, 5.74) is 0. The first kappa shape index (κ1) is 27.0. The summed E-state index contributed by atoms with van der Waals surface area (Å²) in [5, 5.41) is 6.56. The molecule has 0 spiro atoms. The highest BCUT2D eigenvalue weighted by Crippen LogP contribution is 2.54. The van der Waals surface area contributed by atoms with E-state index in [1.54, 1.807) is 77.1 Å². The number of hydrogen-bond donors (Lipinski definition) is 0. The molecule has 0 saturated heterocycles. The van der Waals surface area contributed by atoms with E-state index in [-0.39, 0.29) is 0 Å². The zero-order valence-electron chi connectivity index (χ0n) is 24.4. The minimum absolute atomic E-state index is 1.49. The van der Waals surface area contributed by atoms with Crippen LogP contribution in [0.1, 0.15) is 0 Å². The largest absolute Gasteiger partial charge is 0.142 e. The van der Waals surface area contributed by atoms with Crippen LogP contribution >= 0.6 is 68.0 Å². The standard InChI is InChI=1S/C28H36S6Si4/c1-35(2,3)25-21-13-14-19(33-26(22(14)29-21)36(4,5)6)20-16-15-18(17(13)31-25)32-27(37(7,8)9)23(15)30-24(16)28(34-20)38(10,11)12/h1-12H3. The van der Waals surface area contributed by atoms with Gasteiger partial charge in [-0.1, -0.05) is 78.6 Å². The molecule has 0 unspecified atom stereocenters. The molecule has 0 aliphatic rings. The van der Waals surface area contributed by atoms with Crippen molar-refractivity contribution < 1.29 is 0 Å². The Bertz CT molecular complexity index is 1760. The van der Waals surface area contributed by atoms with Crippen LogP contribution in [-0.2, 0) is 0 Å². The highest BCUT2D eigenvalue weighted by molar-refractivity contribution is 7.49. The van der Waals surface area contributed by atoms with E-state index in [0.29, 0.717) is 0 Å². The average Bonchev–Trinajstić information content (AvgIpc) is 3.49. The van der Waals surface area contributed by atoms with Gasteiger partial charge >= 0.3 is 0 Å². The Balaban J connectivity index is 1.88. The molecule has 6 aromatic heterocycles. The minimum atomic E-state index is -1.49. The molecule has 0 aliphatic carbocycles.